The van der Waals surface area contributed by atoms with E-state index in [1.165, 1.54) is 31.4 Å². The summed E-state index contributed by atoms with van der Waals surface area (Å²) in [4.78, 5) is 48.0. The maximum atomic E-state index is 13.0. The number of thioether (sulfide) groups is 1. The Kier molecular flexibility index (Phi) is 8.99. The molecule has 2 amide bonds. The summed E-state index contributed by atoms with van der Waals surface area (Å²) in [5, 5.41) is 10.7. The van der Waals surface area contributed by atoms with Gasteiger partial charge in [-0.15, -0.1) is 0 Å². The third-order valence-corrected chi connectivity index (χ3v) is 6.02. The van der Waals surface area contributed by atoms with Gasteiger partial charge in [-0.3, -0.25) is 29.4 Å². The molecule has 3 rings (SSSR count). The minimum atomic E-state index is -4.78. The second kappa shape index (κ2) is 12.0. The van der Waals surface area contributed by atoms with Crippen LogP contribution in [0.2, 0.25) is 0 Å². The molecular formula is C24H21F3N2O8S. The standard InChI is InChI=1S/C24H21F3N2O8S/c1-3-4-9-36-21(30)13-28-22(31)20(38-23(28)32)11-14-5-7-18(19(10-14)35-2)37-17-8-6-15(24(25,26)27)12-16(17)29(33)34/h5-8,10-12H,3-4,9,13H2,1-2H3/b20-11+. The number of hydrogen-bond acceptors (Lipinski definition) is 9. The predicted octanol–water partition coefficient (Wildman–Crippen LogP) is 5.79. The molecular weight excluding hydrogens is 533 g/mol. The van der Waals surface area contributed by atoms with Gasteiger partial charge in [-0.2, -0.15) is 13.2 Å². The van der Waals surface area contributed by atoms with Gasteiger partial charge in [0.1, 0.15) is 6.54 Å². The number of unbranched alkanes of at least 4 members (excludes halogenated alkanes) is 1. The highest BCUT2D eigenvalue weighted by Gasteiger charge is 2.37. The number of alkyl halides is 3. The van der Waals surface area contributed by atoms with Crippen molar-refractivity contribution in [2.45, 2.75) is 25.9 Å². The van der Waals surface area contributed by atoms with Crippen molar-refractivity contribution in [1.29, 1.82) is 0 Å². The third kappa shape index (κ3) is 6.82. The molecule has 2 aromatic carbocycles. The molecule has 0 bridgehead atoms. The Bertz CT molecular complexity index is 1300. The molecule has 0 radical (unpaired) electrons. The molecule has 0 spiro atoms. The molecule has 0 saturated carbocycles. The van der Waals surface area contributed by atoms with Gasteiger partial charge < -0.3 is 14.2 Å². The van der Waals surface area contributed by atoms with Gasteiger partial charge in [0.05, 0.1) is 29.1 Å². The zero-order chi connectivity index (χ0) is 28.0. The number of ether oxygens (including phenoxy) is 3. The van der Waals surface area contributed by atoms with E-state index in [4.69, 9.17) is 14.2 Å². The van der Waals surface area contributed by atoms with Crippen LogP contribution >= 0.6 is 11.8 Å². The molecule has 1 fully saturated rings. The van der Waals surface area contributed by atoms with Crippen molar-refractivity contribution in [2.75, 3.05) is 20.3 Å². The number of imide groups is 1. The van der Waals surface area contributed by atoms with Gasteiger partial charge >= 0.3 is 17.8 Å². The number of nitrogens with zero attached hydrogens (tertiary/aromatic N) is 2. The van der Waals surface area contributed by atoms with Crippen LogP contribution < -0.4 is 9.47 Å². The van der Waals surface area contributed by atoms with Gasteiger partial charge in [0.25, 0.3) is 11.1 Å². The van der Waals surface area contributed by atoms with Crippen LogP contribution in [0.15, 0.2) is 41.3 Å². The monoisotopic (exact) mass is 554 g/mol. The summed E-state index contributed by atoms with van der Waals surface area (Å²) in [5.74, 6) is -1.84. The number of halogens is 3. The Morgan fingerprint density at radius 3 is 2.47 bits per heavy atom. The highest BCUT2D eigenvalue weighted by molar-refractivity contribution is 8.18. The molecule has 202 valence electrons. The number of hydrogen-bond donors (Lipinski definition) is 0. The number of methoxy groups -OCH3 is 1. The fourth-order valence-electron chi connectivity index (χ4n) is 3.19. The van der Waals surface area contributed by atoms with E-state index in [1.54, 1.807) is 0 Å². The summed E-state index contributed by atoms with van der Waals surface area (Å²) < 4.78 is 54.6. The van der Waals surface area contributed by atoms with Crippen LogP contribution in [0.3, 0.4) is 0 Å². The molecule has 14 heteroatoms. The fourth-order valence-corrected chi connectivity index (χ4v) is 4.03. The summed E-state index contributed by atoms with van der Waals surface area (Å²) >= 11 is 0.628. The number of nitro benzene ring substituents is 1. The van der Waals surface area contributed by atoms with E-state index in [2.05, 4.69) is 0 Å². The van der Waals surface area contributed by atoms with Gasteiger partial charge in [-0.25, -0.2) is 0 Å². The van der Waals surface area contributed by atoms with E-state index in [9.17, 15) is 37.7 Å². The molecule has 0 aromatic heterocycles. The van der Waals surface area contributed by atoms with Crippen molar-refractivity contribution in [3.63, 3.8) is 0 Å². The van der Waals surface area contributed by atoms with E-state index in [0.29, 0.717) is 35.9 Å². The Labute approximate surface area is 218 Å². The van der Waals surface area contributed by atoms with Crippen LogP contribution in [-0.4, -0.2) is 47.2 Å². The van der Waals surface area contributed by atoms with E-state index in [-0.39, 0.29) is 23.0 Å². The summed E-state index contributed by atoms with van der Waals surface area (Å²) in [7, 11) is 1.27. The lowest BCUT2D eigenvalue weighted by molar-refractivity contribution is -0.385. The molecule has 10 nitrogen and oxygen atoms in total. The van der Waals surface area contributed by atoms with Crippen LogP contribution in [0, 0.1) is 10.1 Å². The molecule has 1 aliphatic rings. The van der Waals surface area contributed by atoms with Crippen LogP contribution in [-0.2, 0) is 20.5 Å². The van der Waals surface area contributed by atoms with Crippen molar-refractivity contribution < 1.29 is 46.7 Å². The van der Waals surface area contributed by atoms with Crippen molar-refractivity contribution in [1.82, 2.24) is 4.90 Å². The first-order chi connectivity index (χ1) is 17.9. The van der Waals surface area contributed by atoms with Crippen molar-refractivity contribution in [3.05, 3.63) is 62.5 Å². The lowest BCUT2D eigenvalue weighted by atomic mass is 10.1. The summed E-state index contributed by atoms with van der Waals surface area (Å²) in [6.07, 6.45) is -1.94. The van der Waals surface area contributed by atoms with Crippen LogP contribution in [0.1, 0.15) is 30.9 Å². The molecule has 1 saturated heterocycles. The highest BCUT2D eigenvalue weighted by Crippen LogP contribution is 2.41. The van der Waals surface area contributed by atoms with E-state index < -0.39 is 51.8 Å². The molecule has 1 heterocycles. The topological polar surface area (TPSA) is 125 Å². The molecule has 1 aliphatic heterocycles. The maximum Gasteiger partial charge on any atom is 0.416 e. The average Bonchev–Trinajstić information content (AvgIpc) is 3.11. The van der Waals surface area contributed by atoms with E-state index >= 15 is 0 Å². The van der Waals surface area contributed by atoms with Gasteiger partial charge in [-0.1, -0.05) is 19.4 Å². The first-order valence-corrected chi connectivity index (χ1v) is 11.9. The fraction of sp³-hybridized carbons (Fsp3) is 0.292. The second-order valence-electron chi connectivity index (χ2n) is 7.79. The normalized spacial score (nSPS) is 14.7. The summed E-state index contributed by atoms with van der Waals surface area (Å²) in [6.45, 7) is 1.58. The number of esters is 1. The highest BCUT2D eigenvalue weighted by atomic mass is 32.2. The Hall–Kier alpha value is -4.07. The van der Waals surface area contributed by atoms with Crippen molar-refractivity contribution in [2.24, 2.45) is 0 Å². The Balaban J connectivity index is 1.81. The number of carbonyl (C=O) groups excluding carboxylic acids is 3. The largest absolute Gasteiger partial charge is 0.493 e. The first kappa shape index (κ1) is 28.5. The first-order valence-electron chi connectivity index (χ1n) is 11.1. The molecule has 0 unspecified atom stereocenters. The molecule has 2 aromatic rings. The SMILES string of the molecule is CCCCOC(=O)CN1C(=O)S/C(=C/c2ccc(Oc3ccc(C(F)(F)F)cc3[N+](=O)[O-])c(OC)c2)C1=O. The van der Waals surface area contributed by atoms with Gasteiger partial charge in [0.15, 0.2) is 11.5 Å². The molecule has 0 N–H and O–H groups in total. The maximum absolute atomic E-state index is 13.0. The van der Waals surface area contributed by atoms with Crippen LogP contribution in [0.4, 0.5) is 23.7 Å². The zero-order valence-electron chi connectivity index (χ0n) is 20.1. The Morgan fingerprint density at radius 2 is 1.84 bits per heavy atom. The molecule has 38 heavy (non-hydrogen) atoms. The van der Waals surface area contributed by atoms with Gasteiger partial charge in [-0.05, 0) is 54.1 Å². The zero-order valence-corrected chi connectivity index (χ0v) is 20.9. The van der Waals surface area contributed by atoms with E-state index in [0.717, 1.165) is 17.4 Å². The Morgan fingerprint density at radius 1 is 1.13 bits per heavy atom. The number of carbonyl (C=O) groups is 3. The third-order valence-electron chi connectivity index (χ3n) is 5.11. The van der Waals surface area contributed by atoms with Gasteiger partial charge in [0, 0.05) is 6.07 Å². The van der Waals surface area contributed by atoms with Crippen molar-refractivity contribution >= 4 is 40.6 Å². The molecule has 0 atom stereocenters. The summed E-state index contributed by atoms with van der Waals surface area (Å²) in [5.41, 5.74) is -1.72. The predicted molar refractivity (Wildman–Crippen MR) is 130 cm³/mol. The van der Waals surface area contributed by atoms with E-state index in [1.807, 2.05) is 6.92 Å². The number of rotatable bonds is 10. The summed E-state index contributed by atoms with van der Waals surface area (Å²) in [6, 6.07) is 6.03. The van der Waals surface area contributed by atoms with Gasteiger partial charge in [0.2, 0.25) is 5.75 Å². The van der Waals surface area contributed by atoms with Crippen LogP contribution in [0.5, 0.6) is 17.2 Å². The quantitative estimate of drug-likeness (QED) is 0.118. The second-order valence-corrected chi connectivity index (χ2v) is 8.78. The van der Waals surface area contributed by atoms with Crippen LogP contribution in [0.25, 0.3) is 6.08 Å². The van der Waals surface area contributed by atoms with Crippen molar-refractivity contribution in [3.8, 4) is 17.2 Å². The number of nitro groups is 1. The minimum Gasteiger partial charge on any atom is -0.493 e. The number of amides is 2. The minimum absolute atomic E-state index is 0.0328. The number of benzene rings is 2. The smallest absolute Gasteiger partial charge is 0.416 e. The lowest BCUT2D eigenvalue weighted by Crippen LogP contribution is -2.34. The average molecular weight is 554 g/mol. The molecule has 0 aliphatic carbocycles. The lowest BCUT2D eigenvalue weighted by Gasteiger charge is -2.13.